The second-order valence-electron chi connectivity index (χ2n) is 10.1. The van der Waals surface area contributed by atoms with E-state index in [1.165, 1.54) is 0 Å². The van der Waals surface area contributed by atoms with Crippen LogP contribution in [0.3, 0.4) is 0 Å². The molecule has 1 aliphatic carbocycles. The molecule has 2 fully saturated rings. The van der Waals surface area contributed by atoms with Gasteiger partial charge in [0.15, 0.2) is 0 Å². The second kappa shape index (κ2) is 11.9. The van der Waals surface area contributed by atoms with Gasteiger partial charge in [-0.05, 0) is 37.8 Å². The molecule has 1 N–H and O–H groups in total. The molecule has 1 amide bonds. The van der Waals surface area contributed by atoms with Crippen LogP contribution in [0.15, 0.2) is 24.5 Å². The van der Waals surface area contributed by atoms with Crippen LogP contribution in [-0.4, -0.2) is 84.2 Å². The smallest absolute Gasteiger partial charge is 0.316 e. The Morgan fingerprint density at radius 3 is 2.63 bits per heavy atom. The first-order valence-corrected chi connectivity index (χ1v) is 13.6. The molecule has 2 saturated heterocycles. The molecule has 2 atom stereocenters. The molecule has 0 radical (unpaired) electrons. The maximum atomic E-state index is 13.9. The van der Waals surface area contributed by atoms with E-state index in [2.05, 4.69) is 20.2 Å². The van der Waals surface area contributed by atoms with Crippen LogP contribution in [0.1, 0.15) is 61.4 Å². The average molecular weight is 531 g/mol. The summed E-state index contributed by atoms with van der Waals surface area (Å²) in [4.78, 5) is 31.1. The van der Waals surface area contributed by atoms with Gasteiger partial charge in [0.2, 0.25) is 5.91 Å². The zero-order chi connectivity index (χ0) is 26.5. The second-order valence-corrected chi connectivity index (χ2v) is 10.1. The SMILES string of the molecule is CCOc1ncc(C(CNC(=O)C2CCCc3nc(N4CCOCC4)ccc32)N2CCC(F)(F)CC2)cn1. The molecule has 3 aliphatic rings. The molecule has 2 aromatic rings. The number of morpholine rings is 1. The van der Waals surface area contributed by atoms with Crippen molar-refractivity contribution in [1.82, 2.24) is 25.2 Å². The molecule has 9 nitrogen and oxygen atoms in total. The minimum atomic E-state index is -2.65. The predicted octanol–water partition coefficient (Wildman–Crippen LogP) is 3.12. The summed E-state index contributed by atoms with van der Waals surface area (Å²) in [5, 5.41) is 3.12. The summed E-state index contributed by atoms with van der Waals surface area (Å²) in [5.41, 5.74) is 2.72. The molecule has 2 aliphatic heterocycles. The molecule has 38 heavy (non-hydrogen) atoms. The number of ether oxygens (including phenoxy) is 2. The molecule has 5 rings (SSSR count). The predicted molar refractivity (Wildman–Crippen MR) is 138 cm³/mol. The summed E-state index contributed by atoms with van der Waals surface area (Å²) in [6, 6.07) is 4.01. The lowest BCUT2D eigenvalue weighted by Crippen LogP contribution is -2.45. The Kier molecular flexibility index (Phi) is 8.32. The fourth-order valence-electron chi connectivity index (χ4n) is 5.53. The van der Waals surface area contributed by atoms with Gasteiger partial charge in [-0.3, -0.25) is 9.69 Å². The van der Waals surface area contributed by atoms with E-state index in [0.29, 0.717) is 19.8 Å². The van der Waals surface area contributed by atoms with Crippen molar-refractivity contribution in [2.45, 2.75) is 56.9 Å². The fraction of sp³-hybridized carbons (Fsp3) is 0.630. The quantitative estimate of drug-likeness (QED) is 0.557. The van der Waals surface area contributed by atoms with Gasteiger partial charge >= 0.3 is 6.01 Å². The summed E-state index contributed by atoms with van der Waals surface area (Å²) in [5.74, 6) is -2.07. The zero-order valence-corrected chi connectivity index (χ0v) is 21.9. The third kappa shape index (κ3) is 6.20. The maximum absolute atomic E-state index is 13.9. The fourth-order valence-corrected chi connectivity index (χ4v) is 5.53. The Hall–Kier alpha value is -2.92. The number of nitrogens with one attached hydrogen (secondary N) is 1. The zero-order valence-electron chi connectivity index (χ0n) is 21.9. The Morgan fingerprint density at radius 1 is 1.18 bits per heavy atom. The van der Waals surface area contributed by atoms with E-state index in [-0.39, 0.29) is 56.4 Å². The van der Waals surface area contributed by atoms with Gasteiger partial charge in [0.05, 0.1) is 31.8 Å². The molecule has 0 bridgehead atoms. The van der Waals surface area contributed by atoms with Gasteiger partial charge in [0, 0.05) is 69.2 Å². The number of likely N-dealkylation sites (tertiary alicyclic amines) is 1. The minimum absolute atomic E-state index is 0.0638. The number of fused-ring (bicyclic) bond motifs is 1. The molecule has 2 aromatic heterocycles. The van der Waals surface area contributed by atoms with Crippen LogP contribution in [0.2, 0.25) is 0 Å². The maximum Gasteiger partial charge on any atom is 0.316 e. The highest BCUT2D eigenvalue weighted by Gasteiger charge is 2.37. The Balaban J connectivity index is 1.29. The molecule has 4 heterocycles. The first-order chi connectivity index (χ1) is 18.4. The number of anilines is 1. The van der Waals surface area contributed by atoms with Gasteiger partial charge < -0.3 is 19.7 Å². The summed E-state index contributed by atoms with van der Waals surface area (Å²) < 4.78 is 38.6. The molecule has 0 spiro atoms. The first-order valence-electron chi connectivity index (χ1n) is 13.6. The summed E-state index contributed by atoms with van der Waals surface area (Å²) >= 11 is 0. The lowest BCUT2D eigenvalue weighted by atomic mass is 9.85. The summed E-state index contributed by atoms with van der Waals surface area (Å²) in [6.45, 7) is 6.08. The number of amides is 1. The lowest BCUT2D eigenvalue weighted by molar-refractivity contribution is -0.123. The minimum Gasteiger partial charge on any atom is -0.464 e. The molecular weight excluding hydrogens is 494 g/mol. The topological polar surface area (TPSA) is 92.7 Å². The number of pyridine rings is 1. The van der Waals surface area contributed by atoms with Crippen molar-refractivity contribution in [3.8, 4) is 6.01 Å². The number of carbonyl (C=O) groups is 1. The Labute approximate surface area is 221 Å². The van der Waals surface area contributed by atoms with Gasteiger partial charge in [0.25, 0.3) is 5.92 Å². The van der Waals surface area contributed by atoms with Crippen LogP contribution in [0, 0.1) is 0 Å². The van der Waals surface area contributed by atoms with E-state index in [4.69, 9.17) is 14.5 Å². The van der Waals surface area contributed by atoms with Crippen LogP contribution in [0.4, 0.5) is 14.6 Å². The number of hydrogen-bond acceptors (Lipinski definition) is 8. The van der Waals surface area contributed by atoms with Crippen molar-refractivity contribution in [3.05, 3.63) is 41.3 Å². The number of hydrogen-bond donors (Lipinski definition) is 1. The third-order valence-corrected chi connectivity index (χ3v) is 7.67. The van der Waals surface area contributed by atoms with E-state index < -0.39 is 5.92 Å². The van der Waals surface area contributed by atoms with Crippen LogP contribution >= 0.6 is 0 Å². The summed E-state index contributed by atoms with van der Waals surface area (Å²) in [6.07, 6.45) is 5.41. The first kappa shape index (κ1) is 26.7. The highest BCUT2D eigenvalue weighted by Crippen LogP contribution is 2.34. The number of rotatable bonds is 8. The molecule has 206 valence electrons. The standard InChI is InChI=1S/C27H36F2N6O3/c1-2-38-26-31-16-19(17-32-26)23(34-10-8-27(28,29)9-11-34)18-30-25(36)21-4-3-5-22-20(21)6-7-24(33-22)35-12-14-37-15-13-35/h6-7,16-17,21,23H,2-5,8-15,18H2,1H3,(H,30,36). The normalized spacial score (nSPS) is 22.4. The van der Waals surface area contributed by atoms with Crippen molar-refractivity contribution in [2.75, 3.05) is 57.4 Å². The molecule has 11 heteroatoms. The average Bonchev–Trinajstić information content (AvgIpc) is 2.94. The van der Waals surface area contributed by atoms with Gasteiger partial charge in [0.1, 0.15) is 5.82 Å². The van der Waals surface area contributed by atoms with Gasteiger partial charge in [-0.1, -0.05) is 6.07 Å². The molecular formula is C27H36F2N6O3. The number of halogens is 2. The number of alkyl halides is 2. The number of nitrogens with zero attached hydrogens (tertiary/aromatic N) is 5. The van der Waals surface area contributed by atoms with Crippen LogP contribution in [0.25, 0.3) is 0 Å². The number of aryl methyl sites for hydroxylation is 1. The van der Waals surface area contributed by atoms with E-state index in [1.807, 2.05) is 24.0 Å². The summed E-state index contributed by atoms with van der Waals surface area (Å²) in [7, 11) is 0. The molecule has 2 unspecified atom stereocenters. The Morgan fingerprint density at radius 2 is 1.92 bits per heavy atom. The van der Waals surface area contributed by atoms with E-state index in [0.717, 1.165) is 55.0 Å². The van der Waals surface area contributed by atoms with E-state index in [9.17, 15) is 13.6 Å². The van der Waals surface area contributed by atoms with Gasteiger partial charge in [-0.15, -0.1) is 0 Å². The van der Waals surface area contributed by atoms with Gasteiger partial charge in [-0.2, -0.15) is 0 Å². The number of aromatic nitrogens is 3. The monoisotopic (exact) mass is 530 g/mol. The molecule has 0 aromatic carbocycles. The number of carbonyl (C=O) groups excluding carboxylic acids is 1. The molecule has 0 saturated carbocycles. The van der Waals surface area contributed by atoms with E-state index in [1.54, 1.807) is 12.4 Å². The van der Waals surface area contributed by atoms with Crippen molar-refractivity contribution < 1.29 is 23.0 Å². The van der Waals surface area contributed by atoms with Crippen molar-refractivity contribution in [1.29, 1.82) is 0 Å². The lowest BCUT2D eigenvalue weighted by Gasteiger charge is -2.37. The van der Waals surface area contributed by atoms with Crippen LogP contribution in [0.5, 0.6) is 6.01 Å². The highest BCUT2D eigenvalue weighted by atomic mass is 19.3. The van der Waals surface area contributed by atoms with Crippen molar-refractivity contribution >= 4 is 11.7 Å². The van der Waals surface area contributed by atoms with Crippen LogP contribution in [-0.2, 0) is 16.0 Å². The third-order valence-electron chi connectivity index (χ3n) is 7.67. The largest absolute Gasteiger partial charge is 0.464 e. The van der Waals surface area contributed by atoms with Crippen LogP contribution < -0.4 is 15.0 Å². The van der Waals surface area contributed by atoms with Gasteiger partial charge in [-0.25, -0.2) is 23.7 Å². The van der Waals surface area contributed by atoms with Crippen molar-refractivity contribution in [3.63, 3.8) is 0 Å². The highest BCUT2D eigenvalue weighted by molar-refractivity contribution is 5.84. The van der Waals surface area contributed by atoms with Crippen molar-refractivity contribution in [2.24, 2.45) is 0 Å². The number of piperidine rings is 1. The Bertz CT molecular complexity index is 1090. The van der Waals surface area contributed by atoms with E-state index >= 15 is 0 Å².